The van der Waals surface area contributed by atoms with Gasteiger partial charge >= 0.3 is 0 Å². The fourth-order valence-corrected chi connectivity index (χ4v) is 2.79. The van der Waals surface area contributed by atoms with Crippen molar-refractivity contribution in [1.82, 2.24) is 20.6 Å². The second-order valence-corrected chi connectivity index (χ2v) is 4.78. The Balaban J connectivity index is 1.79. The Labute approximate surface area is 100 Å². The van der Waals surface area contributed by atoms with E-state index in [1.165, 1.54) is 12.7 Å². The third-order valence-electron chi connectivity index (χ3n) is 3.68. The molecule has 3 unspecified atom stereocenters. The van der Waals surface area contributed by atoms with Crippen LogP contribution >= 0.6 is 0 Å². The van der Waals surface area contributed by atoms with Gasteiger partial charge in [0.2, 0.25) is 5.91 Å². The number of nitrogens with one attached hydrogen (secondary N) is 2. The predicted octanol–water partition coefficient (Wildman–Crippen LogP) is 0.753. The predicted molar refractivity (Wildman–Crippen MR) is 61.8 cm³/mol. The SMILES string of the molecule is O=C1NC(c2cncnc2)NC2CCCCC12. The highest BCUT2D eigenvalue weighted by atomic mass is 16.2. The molecule has 17 heavy (non-hydrogen) atoms. The zero-order valence-electron chi connectivity index (χ0n) is 9.60. The third kappa shape index (κ3) is 2.02. The lowest BCUT2D eigenvalue weighted by Gasteiger charge is -2.40. The van der Waals surface area contributed by atoms with Crippen LogP contribution < -0.4 is 10.6 Å². The third-order valence-corrected chi connectivity index (χ3v) is 3.68. The largest absolute Gasteiger partial charge is 0.336 e. The summed E-state index contributed by atoms with van der Waals surface area (Å²) in [6, 6.07) is 0.308. The molecule has 2 fully saturated rings. The summed E-state index contributed by atoms with van der Waals surface area (Å²) in [4.78, 5) is 20.0. The maximum absolute atomic E-state index is 12.0. The fourth-order valence-electron chi connectivity index (χ4n) is 2.79. The van der Waals surface area contributed by atoms with Crippen molar-refractivity contribution >= 4 is 5.91 Å². The zero-order valence-corrected chi connectivity index (χ0v) is 9.60. The number of hydrogen-bond donors (Lipinski definition) is 2. The molecule has 0 radical (unpaired) electrons. The van der Waals surface area contributed by atoms with Gasteiger partial charge < -0.3 is 5.32 Å². The molecule has 0 bridgehead atoms. The van der Waals surface area contributed by atoms with Gasteiger partial charge in [0.25, 0.3) is 0 Å². The van der Waals surface area contributed by atoms with Crippen molar-refractivity contribution in [2.24, 2.45) is 5.92 Å². The molecule has 1 aliphatic carbocycles. The van der Waals surface area contributed by atoms with E-state index in [1.54, 1.807) is 12.4 Å². The van der Waals surface area contributed by atoms with Crippen molar-refractivity contribution in [2.75, 3.05) is 0 Å². The number of amides is 1. The molecule has 2 N–H and O–H groups in total. The average Bonchev–Trinajstić information content (AvgIpc) is 2.40. The molecule has 1 amide bonds. The topological polar surface area (TPSA) is 66.9 Å². The van der Waals surface area contributed by atoms with E-state index in [4.69, 9.17) is 0 Å². The molecule has 0 aromatic carbocycles. The second kappa shape index (κ2) is 4.41. The quantitative estimate of drug-likeness (QED) is 0.750. The molecule has 2 aliphatic rings. The molecule has 1 aromatic rings. The zero-order chi connectivity index (χ0) is 11.7. The minimum Gasteiger partial charge on any atom is -0.336 e. The van der Waals surface area contributed by atoms with Crippen LogP contribution in [-0.4, -0.2) is 21.9 Å². The van der Waals surface area contributed by atoms with Gasteiger partial charge in [-0.2, -0.15) is 0 Å². The number of fused-ring (bicyclic) bond motifs is 1. The van der Waals surface area contributed by atoms with Crippen LogP contribution in [0.2, 0.25) is 0 Å². The van der Waals surface area contributed by atoms with Gasteiger partial charge in [0.05, 0.1) is 5.92 Å². The molecule has 1 aliphatic heterocycles. The van der Waals surface area contributed by atoms with Gasteiger partial charge in [-0.05, 0) is 12.8 Å². The first-order chi connectivity index (χ1) is 8.34. The van der Waals surface area contributed by atoms with Gasteiger partial charge in [0.1, 0.15) is 12.5 Å². The number of carbonyl (C=O) groups is 1. The summed E-state index contributed by atoms with van der Waals surface area (Å²) in [5.41, 5.74) is 0.921. The fraction of sp³-hybridized carbons (Fsp3) is 0.583. The van der Waals surface area contributed by atoms with E-state index in [0.717, 1.165) is 24.8 Å². The lowest BCUT2D eigenvalue weighted by molar-refractivity contribution is -0.130. The van der Waals surface area contributed by atoms with Crippen LogP contribution in [0.15, 0.2) is 18.7 Å². The van der Waals surface area contributed by atoms with Crippen LogP contribution in [0, 0.1) is 5.92 Å². The average molecular weight is 232 g/mol. The minimum absolute atomic E-state index is 0.136. The van der Waals surface area contributed by atoms with Gasteiger partial charge in [-0.25, -0.2) is 9.97 Å². The van der Waals surface area contributed by atoms with Gasteiger partial charge in [-0.1, -0.05) is 12.8 Å². The van der Waals surface area contributed by atoms with Crippen LogP contribution in [0.3, 0.4) is 0 Å². The molecule has 1 saturated heterocycles. The van der Waals surface area contributed by atoms with Gasteiger partial charge in [-0.15, -0.1) is 0 Å². The molecule has 3 rings (SSSR count). The number of nitrogens with zero attached hydrogens (tertiary/aromatic N) is 2. The highest BCUT2D eigenvalue weighted by Gasteiger charge is 2.37. The van der Waals surface area contributed by atoms with Crippen molar-refractivity contribution in [3.63, 3.8) is 0 Å². The molecule has 2 heterocycles. The summed E-state index contributed by atoms with van der Waals surface area (Å²) in [6.45, 7) is 0. The minimum atomic E-state index is -0.136. The van der Waals surface area contributed by atoms with Gasteiger partial charge in [0, 0.05) is 24.0 Å². The second-order valence-electron chi connectivity index (χ2n) is 4.78. The van der Waals surface area contributed by atoms with Crippen LogP contribution in [0.1, 0.15) is 37.4 Å². The molecular formula is C12H16N4O. The highest BCUT2D eigenvalue weighted by Crippen LogP contribution is 2.29. The maximum atomic E-state index is 12.0. The lowest BCUT2D eigenvalue weighted by atomic mass is 9.82. The van der Waals surface area contributed by atoms with E-state index >= 15 is 0 Å². The summed E-state index contributed by atoms with van der Waals surface area (Å²) < 4.78 is 0. The van der Waals surface area contributed by atoms with Crippen molar-refractivity contribution in [3.8, 4) is 0 Å². The Hall–Kier alpha value is -1.49. The molecule has 5 nitrogen and oxygen atoms in total. The Morgan fingerprint density at radius 3 is 2.76 bits per heavy atom. The van der Waals surface area contributed by atoms with Crippen LogP contribution in [0.5, 0.6) is 0 Å². The van der Waals surface area contributed by atoms with Crippen molar-refractivity contribution in [3.05, 3.63) is 24.3 Å². The molecule has 1 aromatic heterocycles. The van der Waals surface area contributed by atoms with Crippen LogP contribution in [-0.2, 0) is 4.79 Å². The van der Waals surface area contributed by atoms with Gasteiger partial charge in [-0.3, -0.25) is 10.1 Å². The lowest BCUT2D eigenvalue weighted by Crippen LogP contribution is -2.57. The molecule has 5 heteroatoms. The first-order valence-electron chi connectivity index (χ1n) is 6.16. The first kappa shape index (κ1) is 10.7. The monoisotopic (exact) mass is 232 g/mol. The van der Waals surface area contributed by atoms with E-state index < -0.39 is 0 Å². The number of carbonyl (C=O) groups excluding carboxylic acids is 1. The molecule has 3 atom stereocenters. The normalized spacial score (nSPS) is 32.7. The number of rotatable bonds is 1. The van der Waals surface area contributed by atoms with Gasteiger partial charge in [0.15, 0.2) is 0 Å². The molecule has 1 saturated carbocycles. The summed E-state index contributed by atoms with van der Waals surface area (Å²) in [5.74, 6) is 0.312. The first-order valence-corrected chi connectivity index (χ1v) is 6.16. The Morgan fingerprint density at radius 2 is 1.94 bits per heavy atom. The number of hydrogen-bond acceptors (Lipinski definition) is 4. The van der Waals surface area contributed by atoms with E-state index in [2.05, 4.69) is 20.6 Å². The molecule has 90 valence electrons. The van der Waals surface area contributed by atoms with Crippen LogP contribution in [0.4, 0.5) is 0 Å². The van der Waals surface area contributed by atoms with Crippen molar-refractivity contribution in [2.45, 2.75) is 37.9 Å². The van der Waals surface area contributed by atoms with Crippen molar-refractivity contribution in [1.29, 1.82) is 0 Å². The summed E-state index contributed by atoms with van der Waals surface area (Å²) >= 11 is 0. The van der Waals surface area contributed by atoms with Crippen LogP contribution in [0.25, 0.3) is 0 Å². The Bertz CT molecular complexity index is 408. The maximum Gasteiger partial charge on any atom is 0.226 e. The van der Waals surface area contributed by atoms with E-state index in [-0.39, 0.29) is 18.0 Å². The van der Waals surface area contributed by atoms with Crippen molar-refractivity contribution < 1.29 is 4.79 Å². The van der Waals surface area contributed by atoms with E-state index in [9.17, 15) is 4.79 Å². The highest BCUT2D eigenvalue weighted by molar-refractivity contribution is 5.80. The van der Waals surface area contributed by atoms with E-state index in [1.807, 2.05) is 0 Å². The summed E-state index contributed by atoms with van der Waals surface area (Å²) in [7, 11) is 0. The number of aromatic nitrogens is 2. The smallest absolute Gasteiger partial charge is 0.226 e. The summed E-state index contributed by atoms with van der Waals surface area (Å²) in [5, 5.41) is 6.49. The molecular weight excluding hydrogens is 216 g/mol. The Kier molecular flexibility index (Phi) is 2.76. The molecule has 0 spiro atoms. The summed E-state index contributed by atoms with van der Waals surface area (Å²) in [6.07, 6.45) is 9.31. The Morgan fingerprint density at radius 1 is 1.18 bits per heavy atom. The standard InChI is InChI=1S/C12H16N4O/c17-12-9-3-1-2-4-10(9)15-11(16-12)8-5-13-7-14-6-8/h5-7,9-11,15H,1-4H2,(H,16,17). The van der Waals surface area contributed by atoms with E-state index in [0.29, 0.717) is 6.04 Å².